The van der Waals surface area contributed by atoms with E-state index in [0.717, 1.165) is 33.1 Å². The van der Waals surface area contributed by atoms with Gasteiger partial charge in [0.2, 0.25) is 5.95 Å². The van der Waals surface area contributed by atoms with Crippen LogP contribution in [-0.2, 0) is 0 Å². The number of aromatic nitrogens is 4. The molecule has 0 fully saturated rings. The first-order valence-corrected chi connectivity index (χ1v) is 18.3. The Labute approximate surface area is 302 Å². The van der Waals surface area contributed by atoms with E-state index in [-0.39, 0.29) is 0 Å². The molecule has 0 aliphatic rings. The van der Waals surface area contributed by atoms with Gasteiger partial charge in [0.15, 0.2) is 11.6 Å². The van der Waals surface area contributed by atoms with Crippen LogP contribution in [0, 0.1) is 0 Å². The molecule has 0 bridgehead atoms. The molecule has 0 N–H and O–H groups in total. The molecule has 242 valence electrons. The van der Waals surface area contributed by atoms with Gasteiger partial charge in [-0.3, -0.25) is 4.57 Å². The Kier molecular flexibility index (Phi) is 6.39. The lowest BCUT2D eigenvalue weighted by atomic mass is 9.97. The third-order valence-corrected chi connectivity index (χ3v) is 11.4. The van der Waals surface area contributed by atoms with E-state index in [2.05, 4.69) is 138 Å². The fourth-order valence-corrected chi connectivity index (χ4v) is 9.18. The van der Waals surface area contributed by atoms with Gasteiger partial charge in [-0.15, -0.1) is 11.3 Å². The molecule has 0 saturated carbocycles. The second-order valence-corrected chi connectivity index (χ2v) is 14.2. The largest absolute Gasteiger partial charge is 0.277 e. The van der Waals surface area contributed by atoms with Gasteiger partial charge in [0.1, 0.15) is 0 Å². The highest BCUT2D eigenvalue weighted by Gasteiger charge is 2.23. The Morgan fingerprint density at radius 1 is 0.404 bits per heavy atom. The molecule has 0 aliphatic heterocycles. The number of benzene rings is 8. The Hall–Kier alpha value is -6.69. The standard InChI is InChI=1S/C47H28N4S/c1-3-15-31(16-4-1)45-48-46(32-17-5-2-6-18-32)50-47(49-45)51-39-27-25-29-13-7-9-19-33(29)41(39)37-23-11-21-35(43(37)51)36-22-12-24-38-42-34-20-10-8-14-30(34)26-28-40(42)52-44(36)38/h1-28H. The van der Waals surface area contributed by atoms with Crippen molar-refractivity contribution >= 4 is 74.9 Å². The van der Waals surface area contributed by atoms with E-state index in [1.54, 1.807) is 0 Å². The van der Waals surface area contributed by atoms with Crippen molar-refractivity contribution in [2.75, 3.05) is 0 Å². The van der Waals surface area contributed by atoms with Crippen molar-refractivity contribution in [3.05, 3.63) is 170 Å². The van der Waals surface area contributed by atoms with Crippen molar-refractivity contribution in [1.29, 1.82) is 0 Å². The van der Waals surface area contributed by atoms with Gasteiger partial charge in [0.05, 0.1) is 11.0 Å². The summed E-state index contributed by atoms with van der Waals surface area (Å²) in [5.74, 6) is 1.86. The van der Waals surface area contributed by atoms with Crippen molar-refractivity contribution in [2.45, 2.75) is 0 Å². The summed E-state index contributed by atoms with van der Waals surface area (Å²) in [5, 5.41) is 9.88. The van der Waals surface area contributed by atoms with Crippen LogP contribution in [0.5, 0.6) is 0 Å². The SMILES string of the molecule is c1ccc(-c2nc(-c3ccccc3)nc(-n3c4ccc5ccccc5c4c4cccc(-c5cccc6c5sc5ccc7ccccc7c56)c43)n2)cc1. The second kappa shape index (κ2) is 11.4. The van der Waals surface area contributed by atoms with Gasteiger partial charge in [-0.05, 0) is 33.7 Å². The summed E-state index contributed by atoms with van der Waals surface area (Å²) in [5.41, 5.74) is 6.35. The molecule has 0 atom stereocenters. The normalized spacial score (nSPS) is 11.8. The minimum Gasteiger partial charge on any atom is -0.277 e. The van der Waals surface area contributed by atoms with Crippen LogP contribution < -0.4 is 0 Å². The minimum absolute atomic E-state index is 0.588. The van der Waals surface area contributed by atoms with Crippen LogP contribution in [0.15, 0.2) is 170 Å². The van der Waals surface area contributed by atoms with Crippen LogP contribution in [0.4, 0.5) is 0 Å². The fourth-order valence-electron chi connectivity index (χ4n) is 7.94. The van der Waals surface area contributed by atoms with Gasteiger partial charge in [0, 0.05) is 53.2 Å². The van der Waals surface area contributed by atoms with Crippen LogP contribution in [-0.4, -0.2) is 19.5 Å². The Morgan fingerprint density at radius 3 is 1.65 bits per heavy atom. The van der Waals surface area contributed by atoms with E-state index >= 15 is 0 Å². The molecule has 4 nitrogen and oxygen atoms in total. The van der Waals surface area contributed by atoms with E-state index in [9.17, 15) is 0 Å². The molecule has 0 radical (unpaired) electrons. The molecule has 0 spiro atoms. The molecule has 0 unspecified atom stereocenters. The third kappa shape index (κ3) is 4.36. The van der Waals surface area contributed by atoms with Gasteiger partial charge in [-0.2, -0.15) is 9.97 Å². The highest BCUT2D eigenvalue weighted by atomic mass is 32.1. The Morgan fingerprint density at radius 2 is 0.962 bits per heavy atom. The third-order valence-electron chi connectivity index (χ3n) is 10.2. The van der Waals surface area contributed by atoms with Gasteiger partial charge in [-0.25, -0.2) is 4.98 Å². The molecule has 3 aromatic heterocycles. The molecule has 5 heteroatoms. The topological polar surface area (TPSA) is 43.6 Å². The molecule has 8 aromatic carbocycles. The van der Waals surface area contributed by atoms with Gasteiger partial charge >= 0.3 is 0 Å². The van der Waals surface area contributed by atoms with Crippen LogP contribution in [0.3, 0.4) is 0 Å². The summed E-state index contributed by atoms with van der Waals surface area (Å²) in [6.07, 6.45) is 0. The molecule has 3 heterocycles. The maximum atomic E-state index is 5.26. The van der Waals surface area contributed by atoms with E-state index in [1.807, 2.05) is 47.7 Å². The van der Waals surface area contributed by atoms with Crippen molar-refractivity contribution in [2.24, 2.45) is 0 Å². The Balaban J connectivity index is 1.29. The van der Waals surface area contributed by atoms with Crippen LogP contribution >= 0.6 is 11.3 Å². The van der Waals surface area contributed by atoms with Crippen molar-refractivity contribution < 1.29 is 0 Å². The maximum Gasteiger partial charge on any atom is 0.238 e. The van der Waals surface area contributed by atoms with Crippen molar-refractivity contribution in [1.82, 2.24) is 19.5 Å². The molecule has 11 aromatic rings. The summed E-state index contributed by atoms with van der Waals surface area (Å²) >= 11 is 1.87. The number of hydrogen-bond acceptors (Lipinski definition) is 4. The molecule has 11 rings (SSSR count). The zero-order chi connectivity index (χ0) is 34.2. The van der Waals surface area contributed by atoms with E-state index < -0.39 is 0 Å². The van der Waals surface area contributed by atoms with Crippen molar-refractivity contribution in [3.63, 3.8) is 0 Å². The molecule has 52 heavy (non-hydrogen) atoms. The second-order valence-electron chi connectivity index (χ2n) is 13.2. The average molecular weight is 681 g/mol. The lowest BCUT2D eigenvalue weighted by Crippen LogP contribution is -2.07. The number of rotatable bonds is 4. The first kappa shape index (κ1) is 29.1. The monoisotopic (exact) mass is 680 g/mol. The Bertz CT molecular complexity index is 3120. The van der Waals surface area contributed by atoms with E-state index in [4.69, 9.17) is 15.0 Å². The van der Waals surface area contributed by atoms with Gasteiger partial charge in [-0.1, -0.05) is 158 Å². The first-order valence-electron chi connectivity index (χ1n) is 17.5. The van der Waals surface area contributed by atoms with Gasteiger partial charge < -0.3 is 0 Å². The van der Waals surface area contributed by atoms with Crippen molar-refractivity contribution in [3.8, 4) is 39.9 Å². The molecule has 0 saturated heterocycles. The van der Waals surface area contributed by atoms with Crippen LogP contribution in [0.2, 0.25) is 0 Å². The molecular weight excluding hydrogens is 653 g/mol. The highest BCUT2D eigenvalue weighted by Crippen LogP contribution is 2.46. The minimum atomic E-state index is 0.588. The zero-order valence-corrected chi connectivity index (χ0v) is 28.7. The van der Waals surface area contributed by atoms with E-state index in [1.165, 1.54) is 52.7 Å². The van der Waals surface area contributed by atoms with Gasteiger partial charge in [0.25, 0.3) is 0 Å². The molecular formula is C47H28N4S. The highest BCUT2D eigenvalue weighted by molar-refractivity contribution is 7.26. The fraction of sp³-hybridized carbons (Fsp3) is 0. The quantitative estimate of drug-likeness (QED) is 0.186. The number of fused-ring (bicyclic) bond motifs is 10. The summed E-state index contributed by atoms with van der Waals surface area (Å²) < 4.78 is 4.83. The predicted molar refractivity (Wildman–Crippen MR) is 218 cm³/mol. The number of hydrogen-bond donors (Lipinski definition) is 0. The first-order chi connectivity index (χ1) is 25.8. The summed E-state index contributed by atoms with van der Waals surface area (Å²) in [6.45, 7) is 0. The lowest BCUT2D eigenvalue weighted by Gasteiger charge is -2.13. The lowest BCUT2D eigenvalue weighted by molar-refractivity contribution is 0.954. The number of para-hydroxylation sites is 1. The van der Waals surface area contributed by atoms with Crippen LogP contribution in [0.1, 0.15) is 0 Å². The van der Waals surface area contributed by atoms with Crippen LogP contribution in [0.25, 0.3) is 103 Å². The summed E-state index contributed by atoms with van der Waals surface area (Å²) in [6, 6.07) is 60.2. The molecule has 0 aliphatic carbocycles. The molecule has 0 amide bonds. The predicted octanol–water partition coefficient (Wildman–Crippen LogP) is 12.6. The number of thiophene rings is 1. The zero-order valence-electron chi connectivity index (χ0n) is 27.9. The smallest absolute Gasteiger partial charge is 0.238 e. The summed E-state index contributed by atoms with van der Waals surface area (Å²) in [4.78, 5) is 15.6. The maximum absolute atomic E-state index is 5.26. The number of nitrogens with zero attached hydrogens (tertiary/aromatic N) is 4. The average Bonchev–Trinajstić information content (AvgIpc) is 3.78. The summed E-state index contributed by atoms with van der Waals surface area (Å²) in [7, 11) is 0. The van der Waals surface area contributed by atoms with E-state index in [0.29, 0.717) is 17.6 Å².